The molecule has 3 rings (SSSR count). The van der Waals surface area contributed by atoms with E-state index in [1.807, 2.05) is 0 Å². The van der Waals surface area contributed by atoms with Crippen LogP contribution in [0.4, 0.5) is 0 Å². The van der Waals surface area contributed by atoms with Gasteiger partial charge in [-0.15, -0.1) is 0 Å². The first-order valence-electron chi connectivity index (χ1n) is 9.86. The molecule has 148 valence electrons. The van der Waals surface area contributed by atoms with Gasteiger partial charge in [0.25, 0.3) is 0 Å². The maximum atomic E-state index is 3.33. The molecular weight excluding hydrogens is 570 g/mol. The van der Waals surface area contributed by atoms with Crippen molar-refractivity contribution in [3.63, 3.8) is 0 Å². The second-order valence-electron chi connectivity index (χ2n) is 6.89. The topological polar surface area (TPSA) is 7.76 Å². The van der Waals surface area contributed by atoms with E-state index in [-0.39, 0.29) is 48.0 Å². The summed E-state index contributed by atoms with van der Waals surface area (Å²) in [5.41, 5.74) is 2.25. The average molecular weight is 598 g/mol. The molecular formula is C24H28I2N2. The molecule has 1 aliphatic rings. The summed E-state index contributed by atoms with van der Waals surface area (Å²) in [6, 6.07) is 8.42. The molecule has 0 fully saturated rings. The molecule has 3 heterocycles. The maximum Gasteiger partial charge on any atom is 0.184 e. The fourth-order valence-electron chi connectivity index (χ4n) is 3.17. The van der Waals surface area contributed by atoms with Crippen LogP contribution >= 0.6 is 0 Å². The molecule has 0 atom stereocenters. The minimum absolute atomic E-state index is 0. The Balaban J connectivity index is 0.00000196. The van der Waals surface area contributed by atoms with Gasteiger partial charge in [0.1, 0.15) is 13.1 Å². The zero-order valence-electron chi connectivity index (χ0n) is 16.3. The van der Waals surface area contributed by atoms with Crippen LogP contribution in [0.1, 0.15) is 62.5 Å². The van der Waals surface area contributed by atoms with E-state index in [9.17, 15) is 0 Å². The second kappa shape index (κ2) is 14.8. The third kappa shape index (κ3) is 9.39. The quantitative estimate of drug-likeness (QED) is 0.185. The van der Waals surface area contributed by atoms with Gasteiger partial charge in [0, 0.05) is 37.8 Å². The lowest BCUT2D eigenvalue weighted by molar-refractivity contribution is -0.708. The van der Waals surface area contributed by atoms with Crippen LogP contribution in [0.25, 0.3) is 0 Å². The van der Waals surface area contributed by atoms with Gasteiger partial charge in [-0.05, 0) is 25.0 Å². The lowest BCUT2D eigenvalue weighted by atomic mass is 10.1. The lowest BCUT2D eigenvalue weighted by Gasteiger charge is -1.99. The van der Waals surface area contributed by atoms with E-state index in [1.165, 1.54) is 25.7 Å². The first-order chi connectivity index (χ1) is 12.9. The molecule has 28 heavy (non-hydrogen) atoms. The molecule has 0 amide bonds. The molecule has 0 N–H and O–H groups in total. The Morgan fingerprint density at radius 3 is 1.54 bits per heavy atom. The molecule has 0 saturated heterocycles. The molecule has 1 aliphatic heterocycles. The summed E-state index contributed by atoms with van der Waals surface area (Å²) < 4.78 is 4.52. The van der Waals surface area contributed by atoms with Crippen molar-refractivity contribution in [3.05, 3.63) is 60.2 Å². The molecule has 2 aromatic rings. The van der Waals surface area contributed by atoms with Crippen LogP contribution in [-0.2, 0) is 13.1 Å². The highest BCUT2D eigenvalue weighted by molar-refractivity contribution is 5.30. The molecule has 0 saturated carbocycles. The van der Waals surface area contributed by atoms with Gasteiger partial charge in [-0.25, -0.2) is 9.13 Å². The van der Waals surface area contributed by atoms with E-state index in [1.54, 1.807) is 0 Å². The molecule has 2 aromatic heterocycles. The number of fused-ring (bicyclic) bond motifs is 4. The van der Waals surface area contributed by atoms with Gasteiger partial charge in [-0.3, -0.25) is 0 Å². The van der Waals surface area contributed by atoms with Crippen molar-refractivity contribution in [1.29, 1.82) is 0 Å². The molecule has 2 nitrogen and oxygen atoms in total. The van der Waals surface area contributed by atoms with Crippen molar-refractivity contribution in [2.24, 2.45) is 0 Å². The first-order valence-corrected chi connectivity index (χ1v) is 9.86. The van der Waals surface area contributed by atoms with E-state index in [2.05, 4.69) is 81.9 Å². The van der Waals surface area contributed by atoms with Crippen LogP contribution in [0.5, 0.6) is 0 Å². The van der Waals surface area contributed by atoms with Gasteiger partial charge in [0.2, 0.25) is 0 Å². The van der Waals surface area contributed by atoms with Crippen molar-refractivity contribution in [2.45, 2.75) is 64.5 Å². The van der Waals surface area contributed by atoms with Gasteiger partial charge in [-0.2, -0.15) is 0 Å². The van der Waals surface area contributed by atoms with Crippen LogP contribution < -0.4 is 57.1 Å². The number of pyridine rings is 2. The van der Waals surface area contributed by atoms with Crippen molar-refractivity contribution < 1.29 is 57.1 Å². The number of aryl methyl sites for hydroxylation is 2. The summed E-state index contributed by atoms with van der Waals surface area (Å²) in [6.07, 6.45) is 17.8. The highest BCUT2D eigenvalue weighted by Gasteiger charge is 2.05. The van der Waals surface area contributed by atoms with Crippen LogP contribution in [0, 0.1) is 23.7 Å². The molecule has 0 aromatic carbocycles. The fourth-order valence-corrected chi connectivity index (χ4v) is 3.17. The number of rotatable bonds is 0. The highest BCUT2D eigenvalue weighted by Crippen LogP contribution is 2.05. The van der Waals surface area contributed by atoms with E-state index in [0.29, 0.717) is 0 Å². The highest BCUT2D eigenvalue weighted by atomic mass is 127. The standard InChI is InChI=1S/C24H28N2.2HI/c1-2-4-6-8-14-24-16-12-20-26(22-24)18-10-9-17-25-19-11-15-23(21-25)13-7-5-3-1;;/h11-12,15-16,19-22H,1-6,9-10,17-18H2;2*1H/q+2;;/p-2. The minimum atomic E-state index is 0. The van der Waals surface area contributed by atoms with E-state index in [4.69, 9.17) is 0 Å². The third-order valence-electron chi connectivity index (χ3n) is 4.62. The summed E-state index contributed by atoms with van der Waals surface area (Å²) in [5, 5.41) is 0. The smallest absolute Gasteiger partial charge is 0.184 e. The molecule has 4 bridgehead atoms. The van der Waals surface area contributed by atoms with Gasteiger partial charge < -0.3 is 48.0 Å². The normalized spacial score (nSPS) is 14.6. The van der Waals surface area contributed by atoms with Crippen LogP contribution in [0.2, 0.25) is 0 Å². The van der Waals surface area contributed by atoms with Crippen molar-refractivity contribution in [2.75, 3.05) is 0 Å². The molecule has 4 heteroatoms. The predicted molar refractivity (Wildman–Crippen MR) is 104 cm³/mol. The molecule has 0 spiro atoms. The summed E-state index contributed by atoms with van der Waals surface area (Å²) in [4.78, 5) is 0. The van der Waals surface area contributed by atoms with Crippen molar-refractivity contribution in [1.82, 2.24) is 0 Å². The predicted octanol–water partition coefficient (Wildman–Crippen LogP) is -2.19. The van der Waals surface area contributed by atoms with Gasteiger partial charge in [-0.1, -0.05) is 36.5 Å². The average Bonchev–Trinajstić information content (AvgIpc) is 2.67. The Morgan fingerprint density at radius 1 is 0.607 bits per heavy atom. The number of hydrogen-bond donors (Lipinski definition) is 0. The van der Waals surface area contributed by atoms with Crippen LogP contribution in [-0.4, -0.2) is 0 Å². The SMILES string of the molecule is C1#Cc2ccc[n+](c2)CCCC[n+]2cccc(c2)C#CCCCCCC1.[I-].[I-]. The lowest BCUT2D eigenvalue weighted by Crippen LogP contribution is -3.00. The fraction of sp³-hybridized carbons (Fsp3) is 0.417. The van der Waals surface area contributed by atoms with Gasteiger partial charge in [0.05, 0.1) is 11.1 Å². The Bertz CT molecular complexity index is 769. The monoisotopic (exact) mass is 598 g/mol. The Hall–Kier alpha value is -1.12. The third-order valence-corrected chi connectivity index (χ3v) is 4.62. The Labute approximate surface area is 204 Å². The Kier molecular flexibility index (Phi) is 13.2. The first kappa shape index (κ1) is 24.9. The van der Waals surface area contributed by atoms with Gasteiger partial charge >= 0.3 is 0 Å². The molecule has 0 aliphatic carbocycles. The minimum Gasteiger partial charge on any atom is -1.00 e. The van der Waals surface area contributed by atoms with E-state index < -0.39 is 0 Å². The van der Waals surface area contributed by atoms with E-state index >= 15 is 0 Å². The number of halogens is 2. The zero-order chi connectivity index (χ0) is 17.9. The zero-order valence-corrected chi connectivity index (χ0v) is 20.7. The summed E-state index contributed by atoms with van der Waals surface area (Å²) in [7, 11) is 0. The molecule has 0 unspecified atom stereocenters. The van der Waals surface area contributed by atoms with Crippen molar-refractivity contribution >= 4 is 0 Å². The molecule has 0 radical (unpaired) electrons. The van der Waals surface area contributed by atoms with Crippen molar-refractivity contribution in [3.8, 4) is 23.7 Å². The summed E-state index contributed by atoms with van der Waals surface area (Å²) in [6.45, 7) is 2.07. The van der Waals surface area contributed by atoms with E-state index in [0.717, 1.165) is 49.9 Å². The number of aromatic nitrogens is 2. The Morgan fingerprint density at radius 2 is 1.07 bits per heavy atom. The number of nitrogens with zero attached hydrogens (tertiary/aromatic N) is 2. The van der Waals surface area contributed by atoms with Crippen LogP contribution in [0.3, 0.4) is 0 Å². The second-order valence-corrected chi connectivity index (χ2v) is 6.89. The maximum absolute atomic E-state index is 3.33. The largest absolute Gasteiger partial charge is 1.00 e. The van der Waals surface area contributed by atoms with Gasteiger partial charge in [0.15, 0.2) is 24.8 Å². The van der Waals surface area contributed by atoms with Crippen LogP contribution in [0.15, 0.2) is 49.1 Å². The number of hydrogen-bond acceptors (Lipinski definition) is 0. The summed E-state index contributed by atoms with van der Waals surface area (Å²) in [5.74, 6) is 13.3. The summed E-state index contributed by atoms with van der Waals surface area (Å²) >= 11 is 0.